The molecule has 0 spiro atoms. The number of pyridine rings is 2. The van der Waals surface area contributed by atoms with E-state index >= 15 is 0 Å². The number of nitrogen functional groups attached to an aromatic ring is 1. The molecule has 1 aliphatic rings. The summed E-state index contributed by atoms with van der Waals surface area (Å²) in [6, 6.07) is 16.0. The SMILES string of the molecule is Nc1ncccc1-c1nc2cccnc2n1-c1ccc(C2(N)CCC2)cc1. The van der Waals surface area contributed by atoms with Crippen molar-refractivity contribution in [1.29, 1.82) is 0 Å². The van der Waals surface area contributed by atoms with E-state index in [9.17, 15) is 0 Å². The lowest BCUT2D eigenvalue weighted by atomic mass is 9.73. The van der Waals surface area contributed by atoms with E-state index in [1.165, 1.54) is 12.0 Å². The normalized spacial score (nSPS) is 15.6. The number of anilines is 1. The molecule has 0 atom stereocenters. The first-order chi connectivity index (χ1) is 13.2. The number of imidazole rings is 1. The molecule has 3 heterocycles. The Kier molecular flexibility index (Phi) is 3.48. The number of aromatic nitrogens is 4. The second-order valence-electron chi connectivity index (χ2n) is 7.11. The standard InChI is InChI=1S/C21H20N6/c22-18-16(4-1-12-24-18)19-26-17-5-2-13-25-20(17)27(19)15-8-6-14(7-9-15)21(23)10-3-11-21/h1-2,4-9,12-13H,3,10-11,23H2,(H2,22,24). The first-order valence-corrected chi connectivity index (χ1v) is 9.10. The first kappa shape index (κ1) is 16.0. The predicted octanol–water partition coefficient (Wildman–Crippen LogP) is 3.40. The molecular formula is C21H20N6. The van der Waals surface area contributed by atoms with Crippen molar-refractivity contribution < 1.29 is 0 Å². The molecule has 134 valence electrons. The van der Waals surface area contributed by atoms with Gasteiger partial charge in [0.2, 0.25) is 0 Å². The summed E-state index contributed by atoms with van der Waals surface area (Å²) < 4.78 is 2.02. The summed E-state index contributed by atoms with van der Waals surface area (Å²) in [7, 11) is 0. The van der Waals surface area contributed by atoms with Gasteiger partial charge in [-0.05, 0) is 61.2 Å². The number of hydrogen-bond donors (Lipinski definition) is 2. The Morgan fingerprint density at radius 2 is 1.67 bits per heavy atom. The summed E-state index contributed by atoms with van der Waals surface area (Å²) in [6.07, 6.45) is 6.73. The van der Waals surface area contributed by atoms with Gasteiger partial charge in [-0.1, -0.05) is 12.1 Å². The molecule has 0 saturated heterocycles. The van der Waals surface area contributed by atoms with Crippen LogP contribution in [0.1, 0.15) is 24.8 Å². The maximum atomic E-state index is 6.47. The molecule has 5 rings (SSSR count). The van der Waals surface area contributed by atoms with Crippen LogP contribution >= 0.6 is 0 Å². The van der Waals surface area contributed by atoms with E-state index in [1.807, 2.05) is 28.8 Å². The van der Waals surface area contributed by atoms with Crippen molar-refractivity contribution in [1.82, 2.24) is 19.5 Å². The van der Waals surface area contributed by atoms with Gasteiger partial charge in [-0.15, -0.1) is 0 Å². The fourth-order valence-electron chi connectivity index (χ4n) is 3.73. The van der Waals surface area contributed by atoms with Gasteiger partial charge < -0.3 is 11.5 Å². The van der Waals surface area contributed by atoms with Crippen molar-refractivity contribution in [2.75, 3.05) is 5.73 Å². The Hall–Kier alpha value is -3.25. The molecule has 6 heteroatoms. The fourth-order valence-corrected chi connectivity index (χ4v) is 3.73. The van der Waals surface area contributed by atoms with Crippen LogP contribution in [-0.4, -0.2) is 19.5 Å². The van der Waals surface area contributed by atoms with E-state index in [2.05, 4.69) is 34.2 Å². The number of benzene rings is 1. The Balaban J connectivity index is 1.70. The average molecular weight is 356 g/mol. The summed E-state index contributed by atoms with van der Waals surface area (Å²) in [5.74, 6) is 1.18. The highest BCUT2D eigenvalue weighted by Gasteiger charge is 2.34. The van der Waals surface area contributed by atoms with Crippen LogP contribution in [0, 0.1) is 0 Å². The van der Waals surface area contributed by atoms with Crippen LogP contribution < -0.4 is 11.5 Å². The van der Waals surface area contributed by atoms with E-state index in [0.29, 0.717) is 5.82 Å². The van der Waals surface area contributed by atoms with Crippen LogP contribution in [-0.2, 0) is 5.54 Å². The monoisotopic (exact) mass is 356 g/mol. The molecule has 0 aliphatic heterocycles. The third-order valence-electron chi connectivity index (χ3n) is 5.44. The first-order valence-electron chi connectivity index (χ1n) is 9.10. The van der Waals surface area contributed by atoms with Crippen LogP contribution in [0.15, 0.2) is 60.9 Å². The molecule has 0 bridgehead atoms. The largest absolute Gasteiger partial charge is 0.383 e. The van der Waals surface area contributed by atoms with Crippen molar-refractivity contribution in [3.63, 3.8) is 0 Å². The second kappa shape index (κ2) is 5.89. The smallest absolute Gasteiger partial charge is 0.164 e. The van der Waals surface area contributed by atoms with E-state index < -0.39 is 0 Å². The lowest BCUT2D eigenvalue weighted by molar-refractivity contribution is 0.253. The second-order valence-corrected chi connectivity index (χ2v) is 7.11. The zero-order valence-corrected chi connectivity index (χ0v) is 14.8. The third-order valence-corrected chi connectivity index (χ3v) is 5.44. The fraction of sp³-hybridized carbons (Fsp3) is 0.190. The van der Waals surface area contributed by atoms with Gasteiger partial charge in [0.25, 0.3) is 0 Å². The molecular weight excluding hydrogens is 336 g/mol. The van der Waals surface area contributed by atoms with Crippen molar-refractivity contribution in [3.05, 3.63) is 66.5 Å². The Morgan fingerprint density at radius 3 is 2.37 bits per heavy atom. The lowest BCUT2D eigenvalue weighted by Crippen LogP contribution is -2.43. The zero-order valence-electron chi connectivity index (χ0n) is 14.8. The highest BCUT2D eigenvalue weighted by molar-refractivity contribution is 5.82. The Morgan fingerprint density at radius 1 is 0.926 bits per heavy atom. The van der Waals surface area contributed by atoms with Gasteiger partial charge in [0.1, 0.15) is 11.3 Å². The van der Waals surface area contributed by atoms with E-state index in [4.69, 9.17) is 16.5 Å². The Labute approximate surface area is 156 Å². The minimum Gasteiger partial charge on any atom is -0.383 e. The molecule has 1 aromatic carbocycles. The number of fused-ring (bicyclic) bond motifs is 1. The average Bonchev–Trinajstić information content (AvgIpc) is 3.06. The van der Waals surface area contributed by atoms with Gasteiger partial charge in [0, 0.05) is 23.6 Å². The van der Waals surface area contributed by atoms with Gasteiger partial charge in [-0.25, -0.2) is 15.0 Å². The molecule has 0 unspecified atom stereocenters. The summed E-state index contributed by atoms with van der Waals surface area (Å²) in [4.78, 5) is 13.5. The maximum Gasteiger partial charge on any atom is 0.164 e. The van der Waals surface area contributed by atoms with E-state index in [-0.39, 0.29) is 5.54 Å². The third kappa shape index (κ3) is 2.49. The van der Waals surface area contributed by atoms with Crippen LogP contribution in [0.3, 0.4) is 0 Å². The Bertz CT molecular complexity index is 1130. The van der Waals surface area contributed by atoms with E-state index in [0.717, 1.165) is 41.1 Å². The molecule has 6 nitrogen and oxygen atoms in total. The van der Waals surface area contributed by atoms with Crippen LogP contribution in [0.25, 0.3) is 28.2 Å². The summed E-state index contributed by atoms with van der Waals surface area (Å²) >= 11 is 0. The number of hydrogen-bond acceptors (Lipinski definition) is 5. The molecule has 0 radical (unpaired) electrons. The number of rotatable bonds is 3. The molecule has 4 aromatic rings. The molecule has 1 saturated carbocycles. The van der Waals surface area contributed by atoms with Crippen molar-refractivity contribution in [3.8, 4) is 17.1 Å². The minimum atomic E-state index is -0.176. The van der Waals surface area contributed by atoms with E-state index in [1.54, 1.807) is 12.4 Å². The van der Waals surface area contributed by atoms with Crippen LogP contribution in [0.2, 0.25) is 0 Å². The lowest BCUT2D eigenvalue weighted by Gasteiger charge is -2.38. The predicted molar refractivity (Wildman–Crippen MR) is 106 cm³/mol. The molecule has 3 aromatic heterocycles. The maximum absolute atomic E-state index is 6.47. The van der Waals surface area contributed by atoms with Crippen molar-refractivity contribution in [2.24, 2.45) is 5.73 Å². The van der Waals surface area contributed by atoms with Crippen LogP contribution in [0.5, 0.6) is 0 Å². The zero-order chi connectivity index (χ0) is 18.4. The van der Waals surface area contributed by atoms with Gasteiger partial charge in [0.05, 0.1) is 5.56 Å². The summed E-state index contributed by atoms with van der Waals surface area (Å²) in [6.45, 7) is 0. The van der Waals surface area contributed by atoms with Gasteiger partial charge in [-0.2, -0.15) is 0 Å². The highest BCUT2D eigenvalue weighted by Crippen LogP contribution is 2.39. The molecule has 27 heavy (non-hydrogen) atoms. The highest BCUT2D eigenvalue weighted by atomic mass is 15.1. The number of nitrogens with two attached hydrogens (primary N) is 2. The number of nitrogens with zero attached hydrogens (tertiary/aromatic N) is 4. The van der Waals surface area contributed by atoms with Crippen molar-refractivity contribution >= 4 is 17.0 Å². The van der Waals surface area contributed by atoms with Gasteiger partial charge in [-0.3, -0.25) is 4.57 Å². The summed E-state index contributed by atoms with van der Waals surface area (Å²) in [5, 5.41) is 0. The quantitative estimate of drug-likeness (QED) is 0.586. The van der Waals surface area contributed by atoms with Crippen molar-refractivity contribution in [2.45, 2.75) is 24.8 Å². The van der Waals surface area contributed by atoms with Gasteiger partial charge >= 0.3 is 0 Å². The molecule has 1 aliphatic carbocycles. The molecule has 4 N–H and O–H groups in total. The topological polar surface area (TPSA) is 95.6 Å². The molecule has 1 fully saturated rings. The van der Waals surface area contributed by atoms with Crippen LogP contribution in [0.4, 0.5) is 5.82 Å². The summed E-state index contributed by atoms with van der Waals surface area (Å²) in [5.41, 5.74) is 17.0. The van der Waals surface area contributed by atoms with Gasteiger partial charge in [0.15, 0.2) is 11.5 Å². The molecule has 0 amide bonds. The minimum absolute atomic E-state index is 0.176.